The Kier molecular flexibility index (Phi) is 5.73. The van der Waals surface area contributed by atoms with Crippen LogP contribution in [0.5, 0.6) is 0 Å². The summed E-state index contributed by atoms with van der Waals surface area (Å²) in [5.74, 6) is -0.285. The van der Waals surface area contributed by atoms with Crippen molar-refractivity contribution in [3.8, 4) is 0 Å². The zero-order valence-corrected chi connectivity index (χ0v) is 12.6. The van der Waals surface area contributed by atoms with Gasteiger partial charge in [-0.1, -0.05) is 20.8 Å². The van der Waals surface area contributed by atoms with Crippen molar-refractivity contribution >= 4 is 11.8 Å². The lowest BCUT2D eigenvalue weighted by Crippen LogP contribution is -2.48. The monoisotopic (exact) mass is 280 g/mol. The molecule has 1 atom stereocenters. The summed E-state index contributed by atoms with van der Waals surface area (Å²) >= 11 is 0. The number of hydrogen-bond donors (Lipinski definition) is 2. The molecule has 0 spiro atoms. The lowest BCUT2D eigenvalue weighted by molar-refractivity contribution is -0.133. The third-order valence-electron chi connectivity index (χ3n) is 2.87. The highest BCUT2D eigenvalue weighted by atomic mass is 16.2. The number of carbonyl (C=O) groups excluding carboxylic acids is 2. The first kappa shape index (κ1) is 16.2. The molecule has 0 aliphatic carbocycles. The summed E-state index contributed by atoms with van der Waals surface area (Å²) in [6, 6.07) is -0.519. The van der Waals surface area contributed by atoms with E-state index in [9.17, 15) is 9.59 Å². The van der Waals surface area contributed by atoms with Gasteiger partial charge in [-0.15, -0.1) is 0 Å². The second-order valence-electron chi connectivity index (χ2n) is 5.89. The second-order valence-corrected chi connectivity index (χ2v) is 5.89. The second kappa shape index (κ2) is 7.07. The van der Waals surface area contributed by atoms with E-state index >= 15 is 0 Å². The molecule has 0 radical (unpaired) electrons. The zero-order valence-electron chi connectivity index (χ0n) is 12.6. The molecule has 1 heterocycles. The number of nitrogens with zero attached hydrogens (tertiary/aromatic N) is 2. The highest BCUT2D eigenvalue weighted by Gasteiger charge is 2.24. The Morgan fingerprint density at radius 3 is 2.60 bits per heavy atom. The fourth-order valence-electron chi connectivity index (χ4n) is 1.52. The first-order valence-corrected chi connectivity index (χ1v) is 6.85. The average molecular weight is 280 g/mol. The molecule has 1 rings (SSSR count). The number of aromatic nitrogens is 2. The van der Waals surface area contributed by atoms with Gasteiger partial charge in [0.2, 0.25) is 11.8 Å². The van der Waals surface area contributed by atoms with Gasteiger partial charge < -0.3 is 15.2 Å². The molecule has 0 bridgehead atoms. The van der Waals surface area contributed by atoms with Crippen molar-refractivity contribution in [2.75, 3.05) is 6.54 Å². The molecule has 6 nitrogen and oxygen atoms in total. The maximum Gasteiger partial charge on any atom is 0.242 e. The van der Waals surface area contributed by atoms with Gasteiger partial charge in [-0.05, 0) is 13.3 Å². The standard InChI is InChI=1S/C14H24N4O2/c1-11(17-13(20)14(2,3)4)12(19)16-6-5-8-18-9-7-15-10-18/h7,9-11H,5-6,8H2,1-4H3,(H,16,19)(H,17,20)/t11-/m1/s1. The van der Waals surface area contributed by atoms with E-state index in [0.717, 1.165) is 13.0 Å². The molecule has 20 heavy (non-hydrogen) atoms. The van der Waals surface area contributed by atoms with E-state index in [1.165, 1.54) is 0 Å². The Morgan fingerprint density at radius 1 is 1.35 bits per heavy atom. The molecule has 2 amide bonds. The van der Waals surface area contributed by atoms with Gasteiger partial charge in [0, 0.05) is 30.9 Å². The fourth-order valence-corrected chi connectivity index (χ4v) is 1.52. The van der Waals surface area contributed by atoms with Crippen molar-refractivity contribution in [1.29, 1.82) is 0 Å². The summed E-state index contributed by atoms with van der Waals surface area (Å²) in [5, 5.41) is 5.52. The van der Waals surface area contributed by atoms with E-state index in [1.807, 2.05) is 31.5 Å². The quantitative estimate of drug-likeness (QED) is 0.761. The minimum absolute atomic E-state index is 0.126. The summed E-state index contributed by atoms with van der Waals surface area (Å²) in [6.07, 6.45) is 6.17. The fraction of sp³-hybridized carbons (Fsp3) is 0.643. The SMILES string of the molecule is C[C@@H](NC(=O)C(C)(C)C)C(=O)NCCCn1ccnc1. The molecule has 0 fully saturated rings. The lowest BCUT2D eigenvalue weighted by Gasteiger charge is -2.21. The topological polar surface area (TPSA) is 76.0 Å². The van der Waals surface area contributed by atoms with Crippen LogP contribution in [0.3, 0.4) is 0 Å². The van der Waals surface area contributed by atoms with Crippen molar-refractivity contribution in [3.63, 3.8) is 0 Å². The van der Waals surface area contributed by atoms with Gasteiger partial charge >= 0.3 is 0 Å². The molecule has 2 N–H and O–H groups in total. The van der Waals surface area contributed by atoms with Gasteiger partial charge in [0.25, 0.3) is 0 Å². The van der Waals surface area contributed by atoms with Gasteiger partial charge in [0.15, 0.2) is 0 Å². The number of aryl methyl sites for hydroxylation is 1. The van der Waals surface area contributed by atoms with Gasteiger partial charge in [-0.2, -0.15) is 0 Å². The van der Waals surface area contributed by atoms with Gasteiger partial charge in [0.1, 0.15) is 6.04 Å². The van der Waals surface area contributed by atoms with Crippen molar-refractivity contribution in [2.24, 2.45) is 5.41 Å². The average Bonchev–Trinajstić information content (AvgIpc) is 2.86. The number of hydrogen-bond acceptors (Lipinski definition) is 3. The van der Waals surface area contributed by atoms with Crippen LogP contribution in [0.4, 0.5) is 0 Å². The molecule has 0 saturated heterocycles. The van der Waals surface area contributed by atoms with Crippen LogP contribution in [0.2, 0.25) is 0 Å². The summed E-state index contributed by atoms with van der Waals surface area (Å²) in [4.78, 5) is 27.5. The van der Waals surface area contributed by atoms with Crippen LogP contribution in [0.1, 0.15) is 34.1 Å². The predicted octanol–water partition coefficient (Wildman–Crippen LogP) is 0.940. The Balaban J connectivity index is 2.23. The first-order valence-electron chi connectivity index (χ1n) is 6.85. The zero-order chi connectivity index (χ0) is 15.2. The summed E-state index contributed by atoms with van der Waals surface area (Å²) in [6.45, 7) is 8.53. The van der Waals surface area contributed by atoms with Crippen molar-refractivity contribution in [3.05, 3.63) is 18.7 Å². The normalized spacial score (nSPS) is 12.8. The lowest BCUT2D eigenvalue weighted by atomic mass is 9.95. The highest BCUT2D eigenvalue weighted by Crippen LogP contribution is 2.12. The van der Waals surface area contributed by atoms with Crippen LogP contribution in [0.15, 0.2) is 18.7 Å². The van der Waals surface area contributed by atoms with Gasteiger partial charge in [-0.25, -0.2) is 4.98 Å². The minimum atomic E-state index is -0.519. The molecule has 0 saturated carbocycles. The number of nitrogens with one attached hydrogen (secondary N) is 2. The number of rotatable bonds is 6. The molecule has 1 aromatic rings. The molecule has 0 aromatic carbocycles. The predicted molar refractivity (Wildman–Crippen MR) is 76.9 cm³/mol. The molecule has 0 unspecified atom stereocenters. The molecule has 6 heteroatoms. The summed E-state index contributed by atoms with van der Waals surface area (Å²) in [7, 11) is 0. The van der Waals surface area contributed by atoms with Gasteiger partial charge in [0.05, 0.1) is 6.33 Å². The first-order chi connectivity index (χ1) is 9.30. The largest absolute Gasteiger partial charge is 0.354 e. The van der Waals surface area contributed by atoms with Crippen LogP contribution in [0, 0.1) is 5.41 Å². The maximum atomic E-state index is 11.8. The van der Waals surface area contributed by atoms with E-state index in [0.29, 0.717) is 6.54 Å². The third kappa shape index (κ3) is 5.42. The number of imidazole rings is 1. The number of amides is 2. The van der Waals surface area contributed by atoms with Crippen LogP contribution in [-0.4, -0.2) is 34.0 Å². The van der Waals surface area contributed by atoms with Crippen LogP contribution in [0.25, 0.3) is 0 Å². The Hall–Kier alpha value is -1.85. The molecule has 0 aliphatic heterocycles. The summed E-state index contributed by atoms with van der Waals surface area (Å²) < 4.78 is 1.96. The van der Waals surface area contributed by atoms with E-state index in [2.05, 4.69) is 15.6 Å². The Bertz CT molecular complexity index is 435. The Morgan fingerprint density at radius 2 is 2.05 bits per heavy atom. The molecule has 0 aliphatic rings. The maximum absolute atomic E-state index is 11.8. The van der Waals surface area contributed by atoms with Crippen molar-refractivity contribution in [1.82, 2.24) is 20.2 Å². The van der Waals surface area contributed by atoms with Crippen molar-refractivity contribution in [2.45, 2.75) is 46.7 Å². The smallest absolute Gasteiger partial charge is 0.242 e. The minimum Gasteiger partial charge on any atom is -0.354 e. The van der Waals surface area contributed by atoms with Gasteiger partial charge in [-0.3, -0.25) is 9.59 Å². The number of carbonyl (C=O) groups is 2. The van der Waals surface area contributed by atoms with Crippen LogP contribution >= 0.6 is 0 Å². The molecule has 1 aromatic heterocycles. The van der Waals surface area contributed by atoms with E-state index in [-0.39, 0.29) is 11.8 Å². The van der Waals surface area contributed by atoms with E-state index in [4.69, 9.17) is 0 Å². The molecular weight excluding hydrogens is 256 g/mol. The molecular formula is C14H24N4O2. The summed E-state index contributed by atoms with van der Waals surface area (Å²) in [5.41, 5.74) is -0.490. The molecule has 112 valence electrons. The Labute approximate surface area is 120 Å². The van der Waals surface area contributed by atoms with Crippen LogP contribution in [-0.2, 0) is 16.1 Å². The third-order valence-corrected chi connectivity index (χ3v) is 2.87. The van der Waals surface area contributed by atoms with E-state index < -0.39 is 11.5 Å². The van der Waals surface area contributed by atoms with Crippen molar-refractivity contribution < 1.29 is 9.59 Å². The van der Waals surface area contributed by atoms with E-state index in [1.54, 1.807) is 19.4 Å². The highest BCUT2D eigenvalue weighted by molar-refractivity contribution is 5.89. The van der Waals surface area contributed by atoms with Crippen LogP contribution < -0.4 is 10.6 Å².